The maximum absolute atomic E-state index is 11.8. The minimum atomic E-state index is -0.921. The Bertz CT molecular complexity index is 778. The molecule has 0 spiro atoms. The molecule has 5 nitrogen and oxygen atoms in total. The minimum absolute atomic E-state index is 0.0272. The third-order valence-electron chi connectivity index (χ3n) is 4.80. The van der Waals surface area contributed by atoms with Crippen LogP contribution in [0.2, 0.25) is 0 Å². The number of aliphatic carboxylic acids is 2. The van der Waals surface area contributed by atoms with Gasteiger partial charge in [-0.05, 0) is 30.9 Å². The Morgan fingerprint density at radius 2 is 1.60 bits per heavy atom. The van der Waals surface area contributed by atoms with E-state index in [1.54, 1.807) is 6.07 Å². The van der Waals surface area contributed by atoms with E-state index in [9.17, 15) is 14.7 Å². The van der Waals surface area contributed by atoms with Crippen molar-refractivity contribution in [2.24, 2.45) is 0 Å². The molecule has 2 rings (SSSR count). The number of para-hydroxylation sites is 1. The number of hydrogen-bond donors (Lipinski definition) is 2. The monoisotopic (exact) mass is 430 g/mol. The molecule has 1 unspecified atom stereocenters. The summed E-state index contributed by atoms with van der Waals surface area (Å²) in [5.74, 6) is -1.19. The number of hydrogen-bond acceptors (Lipinski definition) is 4. The lowest BCUT2D eigenvalue weighted by atomic mass is 10.0. The molecule has 0 aromatic heterocycles. The highest BCUT2D eigenvalue weighted by Crippen LogP contribution is 2.30. The zero-order chi connectivity index (χ0) is 21.6. The Kier molecular flexibility index (Phi) is 10.9. The van der Waals surface area contributed by atoms with Crippen LogP contribution in [-0.4, -0.2) is 40.3 Å². The normalized spacial score (nSPS) is 11.7. The number of carboxylic acids is 2. The standard InChI is InChI=1S/C24H30O5S/c25-23(26)15-17-30-18-21(24(27)28)20-13-7-8-14-22(20)29-16-9-2-1-4-10-19-11-5-3-6-12-19/h3,5-8,11-14,21H,1-2,4,9-10,15-18H2,(H,25,26)(H,27,28). The molecule has 0 aliphatic rings. The fraction of sp³-hybridized carbons (Fsp3) is 0.417. The Balaban J connectivity index is 1.76. The maximum Gasteiger partial charge on any atom is 0.311 e. The van der Waals surface area contributed by atoms with Gasteiger partial charge in [-0.2, -0.15) is 11.8 Å². The van der Waals surface area contributed by atoms with Gasteiger partial charge in [0.15, 0.2) is 0 Å². The molecule has 0 saturated heterocycles. The van der Waals surface area contributed by atoms with Gasteiger partial charge in [-0.1, -0.05) is 61.4 Å². The van der Waals surface area contributed by atoms with Crippen molar-refractivity contribution in [1.82, 2.24) is 0 Å². The predicted octanol–water partition coefficient (Wildman–Crippen LogP) is 5.24. The zero-order valence-electron chi connectivity index (χ0n) is 17.2. The largest absolute Gasteiger partial charge is 0.493 e. The maximum atomic E-state index is 11.8. The molecule has 0 aliphatic heterocycles. The van der Waals surface area contributed by atoms with E-state index in [2.05, 4.69) is 24.3 Å². The second kappa shape index (κ2) is 13.7. The van der Waals surface area contributed by atoms with Crippen molar-refractivity contribution in [3.8, 4) is 5.75 Å². The van der Waals surface area contributed by atoms with Gasteiger partial charge in [-0.25, -0.2) is 0 Å². The van der Waals surface area contributed by atoms with E-state index >= 15 is 0 Å². The molecule has 0 aliphatic carbocycles. The van der Waals surface area contributed by atoms with Crippen molar-refractivity contribution < 1.29 is 24.5 Å². The molecule has 0 bridgehead atoms. The van der Waals surface area contributed by atoms with E-state index in [0.717, 1.165) is 32.1 Å². The topological polar surface area (TPSA) is 83.8 Å². The zero-order valence-corrected chi connectivity index (χ0v) is 18.0. The van der Waals surface area contributed by atoms with Gasteiger partial charge >= 0.3 is 11.9 Å². The molecule has 0 saturated carbocycles. The molecular formula is C24H30O5S. The van der Waals surface area contributed by atoms with Crippen LogP contribution in [0.25, 0.3) is 0 Å². The van der Waals surface area contributed by atoms with Gasteiger partial charge in [-0.3, -0.25) is 9.59 Å². The quantitative estimate of drug-likeness (QED) is 0.376. The van der Waals surface area contributed by atoms with Gasteiger partial charge in [0.2, 0.25) is 0 Å². The summed E-state index contributed by atoms with van der Waals surface area (Å²) in [6.45, 7) is 0.556. The second-order valence-corrected chi connectivity index (χ2v) is 8.30. The van der Waals surface area contributed by atoms with Gasteiger partial charge in [0.25, 0.3) is 0 Å². The summed E-state index contributed by atoms with van der Waals surface area (Å²) in [6, 6.07) is 17.7. The summed E-state index contributed by atoms with van der Waals surface area (Å²) in [4.78, 5) is 22.4. The third kappa shape index (κ3) is 8.91. The lowest BCUT2D eigenvalue weighted by molar-refractivity contribution is -0.138. The molecule has 0 fully saturated rings. The predicted molar refractivity (Wildman–Crippen MR) is 121 cm³/mol. The van der Waals surface area contributed by atoms with Crippen LogP contribution in [0.3, 0.4) is 0 Å². The van der Waals surface area contributed by atoms with Crippen LogP contribution in [0.1, 0.15) is 49.1 Å². The van der Waals surface area contributed by atoms with E-state index in [0.29, 0.717) is 29.4 Å². The number of ether oxygens (including phenoxy) is 1. The Hall–Kier alpha value is -2.47. The number of unbranched alkanes of at least 4 members (excludes halogenated alkanes) is 3. The molecule has 0 radical (unpaired) electrons. The first-order chi connectivity index (χ1) is 14.6. The Labute approximate surface area is 182 Å². The SMILES string of the molecule is O=C(O)CCSCC(C(=O)O)c1ccccc1OCCCCCCc1ccccc1. The van der Waals surface area contributed by atoms with Crippen molar-refractivity contribution in [1.29, 1.82) is 0 Å². The second-order valence-electron chi connectivity index (χ2n) is 7.15. The van der Waals surface area contributed by atoms with Crippen LogP contribution in [0.15, 0.2) is 54.6 Å². The van der Waals surface area contributed by atoms with Gasteiger partial charge in [0.05, 0.1) is 18.9 Å². The smallest absolute Gasteiger partial charge is 0.311 e. The molecular weight excluding hydrogens is 400 g/mol. The van der Waals surface area contributed by atoms with Crippen molar-refractivity contribution in [2.75, 3.05) is 18.1 Å². The Morgan fingerprint density at radius 1 is 0.900 bits per heavy atom. The van der Waals surface area contributed by atoms with E-state index in [1.165, 1.54) is 17.3 Å². The average Bonchev–Trinajstić information content (AvgIpc) is 2.74. The Morgan fingerprint density at radius 3 is 2.33 bits per heavy atom. The molecule has 2 aromatic carbocycles. The van der Waals surface area contributed by atoms with Crippen LogP contribution < -0.4 is 4.74 Å². The van der Waals surface area contributed by atoms with E-state index in [4.69, 9.17) is 9.84 Å². The van der Waals surface area contributed by atoms with E-state index in [1.807, 2.05) is 24.3 Å². The highest BCUT2D eigenvalue weighted by Gasteiger charge is 2.23. The molecule has 6 heteroatoms. The van der Waals surface area contributed by atoms with Crippen LogP contribution in [-0.2, 0) is 16.0 Å². The fourth-order valence-electron chi connectivity index (χ4n) is 3.17. The number of rotatable bonds is 15. The van der Waals surface area contributed by atoms with Crippen molar-refractivity contribution >= 4 is 23.7 Å². The van der Waals surface area contributed by atoms with E-state index in [-0.39, 0.29) is 6.42 Å². The first kappa shape index (κ1) is 23.8. The highest BCUT2D eigenvalue weighted by atomic mass is 32.2. The van der Waals surface area contributed by atoms with Crippen molar-refractivity contribution in [3.63, 3.8) is 0 Å². The first-order valence-electron chi connectivity index (χ1n) is 10.4. The van der Waals surface area contributed by atoms with Crippen molar-refractivity contribution in [3.05, 3.63) is 65.7 Å². The number of carboxylic acid groups (broad SMARTS) is 2. The molecule has 162 valence electrons. The summed E-state index contributed by atoms with van der Waals surface area (Å²) in [5, 5.41) is 18.4. The molecule has 0 heterocycles. The van der Waals surface area contributed by atoms with Crippen molar-refractivity contribution in [2.45, 2.75) is 44.4 Å². The first-order valence-corrected chi connectivity index (χ1v) is 11.5. The van der Waals surface area contributed by atoms with Gasteiger partial charge < -0.3 is 14.9 Å². The molecule has 30 heavy (non-hydrogen) atoms. The van der Waals surface area contributed by atoms with Gasteiger partial charge in [-0.15, -0.1) is 0 Å². The van der Waals surface area contributed by atoms with Gasteiger partial charge in [0, 0.05) is 17.1 Å². The lowest BCUT2D eigenvalue weighted by Gasteiger charge is -2.17. The lowest BCUT2D eigenvalue weighted by Crippen LogP contribution is -2.16. The average molecular weight is 431 g/mol. The van der Waals surface area contributed by atoms with Crippen LogP contribution in [0, 0.1) is 0 Å². The van der Waals surface area contributed by atoms with Crippen LogP contribution in [0.5, 0.6) is 5.75 Å². The highest BCUT2D eigenvalue weighted by molar-refractivity contribution is 7.99. The number of carbonyl (C=O) groups is 2. The van der Waals surface area contributed by atoms with E-state index < -0.39 is 17.9 Å². The third-order valence-corrected chi connectivity index (χ3v) is 5.86. The number of benzene rings is 2. The summed E-state index contributed by atoms with van der Waals surface area (Å²) < 4.78 is 5.91. The molecule has 1 atom stereocenters. The molecule has 0 amide bonds. The summed E-state index contributed by atoms with van der Waals surface area (Å²) in [6.07, 6.45) is 5.40. The summed E-state index contributed by atoms with van der Waals surface area (Å²) >= 11 is 1.34. The molecule has 2 aromatic rings. The van der Waals surface area contributed by atoms with Crippen LogP contribution in [0.4, 0.5) is 0 Å². The number of thioether (sulfide) groups is 1. The summed E-state index contributed by atoms with van der Waals surface area (Å²) in [5.41, 5.74) is 2.01. The molecule has 2 N–H and O–H groups in total. The van der Waals surface area contributed by atoms with Crippen LogP contribution >= 0.6 is 11.8 Å². The fourth-order valence-corrected chi connectivity index (χ4v) is 4.21. The van der Waals surface area contributed by atoms with Gasteiger partial charge in [0.1, 0.15) is 5.75 Å². The minimum Gasteiger partial charge on any atom is -0.493 e. The summed E-state index contributed by atoms with van der Waals surface area (Å²) in [7, 11) is 0. The number of aryl methyl sites for hydroxylation is 1.